The maximum atomic E-state index is 13.8. The second-order valence-corrected chi connectivity index (χ2v) is 11.4. The molecule has 6 nitrogen and oxygen atoms in total. The molecule has 1 aliphatic heterocycles. The highest BCUT2D eigenvalue weighted by Gasteiger charge is 2.76. The molecule has 5 aliphatic rings. The van der Waals surface area contributed by atoms with Crippen molar-refractivity contribution in [1.29, 1.82) is 5.26 Å². The van der Waals surface area contributed by atoms with Crippen LogP contribution < -0.4 is 0 Å². The molecule has 1 spiro atoms. The van der Waals surface area contributed by atoms with Crippen molar-refractivity contribution >= 4 is 17.5 Å². The number of allylic oxidation sites excluding steroid dienone is 2. The highest BCUT2D eigenvalue weighted by Crippen LogP contribution is 2.71. The molecular weight excluding hydrogens is 406 g/mol. The molecule has 6 heteroatoms. The zero-order valence-electron chi connectivity index (χ0n) is 19.4. The zero-order valence-corrected chi connectivity index (χ0v) is 19.4. The molecule has 170 valence electrons. The Bertz CT molecular complexity index is 1080. The van der Waals surface area contributed by atoms with Gasteiger partial charge in [0.25, 0.3) is 0 Å². The average Bonchev–Trinajstić information content (AvgIpc) is 2.85. The van der Waals surface area contributed by atoms with E-state index in [0.717, 1.165) is 5.57 Å². The minimum Gasteiger partial charge on any atom is -0.450 e. The molecule has 8 atom stereocenters. The molecule has 2 saturated carbocycles. The third kappa shape index (κ3) is 2.03. The molecular formula is C26H31NO5. The van der Waals surface area contributed by atoms with Crippen molar-refractivity contribution in [2.45, 2.75) is 77.9 Å². The van der Waals surface area contributed by atoms with Gasteiger partial charge in [-0.15, -0.1) is 0 Å². The lowest BCUT2D eigenvalue weighted by molar-refractivity contribution is -0.175. The van der Waals surface area contributed by atoms with Crippen LogP contribution >= 0.6 is 0 Å². The summed E-state index contributed by atoms with van der Waals surface area (Å²) in [5.41, 5.74) is -3.87. The van der Waals surface area contributed by atoms with Crippen LogP contribution in [-0.2, 0) is 19.1 Å². The molecule has 0 aromatic heterocycles. The fraction of sp³-hybridized carbons (Fsp3) is 0.692. The van der Waals surface area contributed by atoms with Gasteiger partial charge in [0.1, 0.15) is 11.7 Å². The molecule has 1 saturated heterocycles. The molecule has 2 bridgehead atoms. The van der Waals surface area contributed by atoms with Gasteiger partial charge in [0, 0.05) is 23.2 Å². The molecule has 0 radical (unpaired) electrons. The minimum atomic E-state index is -1.67. The first-order valence-electron chi connectivity index (χ1n) is 11.8. The van der Waals surface area contributed by atoms with E-state index in [9.17, 15) is 24.8 Å². The van der Waals surface area contributed by atoms with Crippen LogP contribution in [0.2, 0.25) is 0 Å². The van der Waals surface area contributed by atoms with E-state index in [4.69, 9.17) is 4.74 Å². The number of rotatable bonds is 1. The van der Waals surface area contributed by atoms with Crippen LogP contribution in [0.4, 0.5) is 0 Å². The van der Waals surface area contributed by atoms with E-state index in [2.05, 4.69) is 6.92 Å². The summed E-state index contributed by atoms with van der Waals surface area (Å²) in [6, 6.07) is 1.96. The van der Waals surface area contributed by atoms with Crippen molar-refractivity contribution in [3.8, 4) is 6.07 Å². The van der Waals surface area contributed by atoms with Crippen LogP contribution in [0.3, 0.4) is 0 Å². The van der Waals surface area contributed by atoms with Gasteiger partial charge in [0.2, 0.25) is 5.78 Å². The molecule has 0 aromatic carbocycles. The quantitative estimate of drug-likeness (QED) is 0.630. The fourth-order valence-corrected chi connectivity index (χ4v) is 8.62. The van der Waals surface area contributed by atoms with Gasteiger partial charge >= 0.3 is 5.97 Å². The lowest BCUT2D eigenvalue weighted by Gasteiger charge is -2.63. The number of hydrogen-bond acceptors (Lipinski definition) is 6. The largest absolute Gasteiger partial charge is 0.450 e. The topological polar surface area (TPSA) is 104 Å². The number of nitriles is 1. The van der Waals surface area contributed by atoms with E-state index < -0.39 is 39.1 Å². The van der Waals surface area contributed by atoms with Gasteiger partial charge in [0.15, 0.2) is 11.4 Å². The molecule has 0 amide bonds. The summed E-state index contributed by atoms with van der Waals surface area (Å²) in [5, 5.41) is 20.8. The number of carbonyl (C=O) groups is 3. The van der Waals surface area contributed by atoms with E-state index in [1.54, 1.807) is 12.2 Å². The Kier molecular flexibility index (Phi) is 4.04. The van der Waals surface area contributed by atoms with Crippen LogP contribution in [-0.4, -0.2) is 33.8 Å². The summed E-state index contributed by atoms with van der Waals surface area (Å²) in [5.74, 6) is -1.78. The number of carbonyl (C=O) groups excluding carboxylic acids is 3. The smallest absolute Gasteiger partial charge is 0.313 e. The highest BCUT2D eigenvalue weighted by molar-refractivity contribution is 6.07. The fourth-order valence-electron chi connectivity index (χ4n) is 8.62. The molecule has 0 aromatic rings. The molecule has 5 rings (SSSR count). The van der Waals surface area contributed by atoms with E-state index in [1.165, 1.54) is 6.92 Å². The molecule has 3 fully saturated rings. The van der Waals surface area contributed by atoms with Gasteiger partial charge in [0.05, 0.1) is 11.0 Å². The average molecular weight is 438 g/mol. The number of ether oxygens (including phenoxy) is 1. The summed E-state index contributed by atoms with van der Waals surface area (Å²) in [6.45, 7) is 9.56. The van der Waals surface area contributed by atoms with E-state index >= 15 is 0 Å². The second kappa shape index (κ2) is 5.99. The number of nitrogens with zero attached hydrogens (tertiary/aromatic N) is 1. The lowest BCUT2D eigenvalue weighted by Crippen LogP contribution is -2.66. The van der Waals surface area contributed by atoms with Gasteiger partial charge in [-0.25, -0.2) is 0 Å². The third-order valence-electron chi connectivity index (χ3n) is 10.4. The van der Waals surface area contributed by atoms with E-state index in [-0.39, 0.29) is 29.2 Å². The van der Waals surface area contributed by atoms with Gasteiger partial charge < -0.3 is 9.84 Å². The van der Waals surface area contributed by atoms with E-state index in [1.807, 2.05) is 26.8 Å². The summed E-state index contributed by atoms with van der Waals surface area (Å²) >= 11 is 0. The van der Waals surface area contributed by atoms with Crippen molar-refractivity contribution in [3.05, 3.63) is 23.3 Å². The van der Waals surface area contributed by atoms with Gasteiger partial charge in [-0.3, -0.25) is 14.4 Å². The number of aliphatic hydroxyl groups is 1. The first kappa shape index (κ1) is 21.6. The van der Waals surface area contributed by atoms with E-state index in [0.29, 0.717) is 32.1 Å². The Hall–Kier alpha value is -2.26. The van der Waals surface area contributed by atoms with Gasteiger partial charge in [-0.2, -0.15) is 5.26 Å². The third-order valence-corrected chi connectivity index (χ3v) is 10.4. The SMILES string of the molecule is CC[C@@]12CCC3[C@](OC1=O)(C(=O)C=C1[C@@]4(C)C=C(C#N)C(=O)[C@@](C)(O)C4CC[C@]13C)C2C. The van der Waals surface area contributed by atoms with Crippen molar-refractivity contribution in [2.24, 2.45) is 34.0 Å². The summed E-state index contributed by atoms with van der Waals surface area (Å²) in [6.07, 6.45) is 6.65. The molecule has 4 aliphatic carbocycles. The van der Waals surface area contributed by atoms with Gasteiger partial charge in [-0.05, 0) is 56.1 Å². The molecule has 32 heavy (non-hydrogen) atoms. The summed E-state index contributed by atoms with van der Waals surface area (Å²) in [4.78, 5) is 39.7. The molecule has 1 heterocycles. The summed E-state index contributed by atoms with van der Waals surface area (Å²) < 4.78 is 6.07. The van der Waals surface area contributed by atoms with Crippen LogP contribution in [0.1, 0.15) is 66.7 Å². The van der Waals surface area contributed by atoms with Crippen LogP contribution in [0.25, 0.3) is 0 Å². The Balaban J connectivity index is 1.73. The molecule has 1 N–H and O–H groups in total. The number of fused-ring (bicyclic) bond motifs is 5. The van der Waals surface area contributed by atoms with Crippen molar-refractivity contribution in [2.75, 3.05) is 0 Å². The van der Waals surface area contributed by atoms with Crippen molar-refractivity contribution in [3.63, 3.8) is 0 Å². The maximum absolute atomic E-state index is 13.8. The monoisotopic (exact) mass is 437 g/mol. The number of ketones is 2. The summed E-state index contributed by atoms with van der Waals surface area (Å²) in [7, 11) is 0. The predicted molar refractivity (Wildman–Crippen MR) is 115 cm³/mol. The minimum absolute atomic E-state index is 0.0547. The number of esters is 1. The Morgan fingerprint density at radius 1 is 1.16 bits per heavy atom. The van der Waals surface area contributed by atoms with Gasteiger partial charge in [-0.1, -0.05) is 33.8 Å². The second-order valence-electron chi connectivity index (χ2n) is 11.4. The van der Waals surface area contributed by atoms with Crippen LogP contribution in [0.15, 0.2) is 23.3 Å². The number of Topliss-reactive ketones (excluding diaryl/α,β-unsaturated/α-hetero) is 1. The zero-order chi connectivity index (χ0) is 23.5. The standard InChI is InChI=1S/C26H31NO5/c1-6-25-10-8-17-22(3)9-7-16-23(4,12-15(13-27)20(29)24(16,5)31)18(22)11-19(28)26(17,14(25)2)32-21(25)30/h11-12,14,16-17,31H,6-10H2,1-5H3/t14?,16?,17?,22-,23-,24-,25-,26-/m0/s1. The number of hydrogen-bond donors (Lipinski definition) is 1. The Morgan fingerprint density at radius 3 is 2.44 bits per heavy atom. The van der Waals surface area contributed by atoms with Crippen LogP contribution in [0.5, 0.6) is 0 Å². The highest BCUT2D eigenvalue weighted by atomic mass is 16.6. The van der Waals surface area contributed by atoms with Crippen molar-refractivity contribution in [1.82, 2.24) is 0 Å². The van der Waals surface area contributed by atoms with Crippen molar-refractivity contribution < 1.29 is 24.2 Å². The predicted octanol–water partition coefficient (Wildman–Crippen LogP) is 3.44. The Morgan fingerprint density at radius 2 is 1.81 bits per heavy atom. The normalized spacial score (nSPS) is 51.5. The molecule has 3 unspecified atom stereocenters. The Labute approximate surface area is 188 Å². The van der Waals surface area contributed by atoms with Crippen LogP contribution in [0, 0.1) is 45.3 Å². The maximum Gasteiger partial charge on any atom is 0.313 e. The first-order valence-corrected chi connectivity index (χ1v) is 11.8. The first-order chi connectivity index (χ1) is 14.9. The lowest BCUT2D eigenvalue weighted by atomic mass is 9.40.